The Morgan fingerprint density at radius 3 is 2.80 bits per heavy atom. The lowest BCUT2D eigenvalue weighted by Crippen LogP contribution is -2.32. The van der Waals surface area contributed by atoms with E-state index in [1.165, 1.54) is 22.4 Å². The van der Waals surface area contributed by atoms with Crippen LogP contribution in [0, 0.1) is 0 Å². The van der Waals surface area contributed by atoms with Crippen LogP contribution in [0.2, 0.25) is 0 Å². The van der Waals surface area contributed by atoms with Crippen molar-refractivity contribution in [2.75, 3.05) is 0 Å². The first-order valence-electron chi connectivity index (χ1n) is 7.32. The highest BCUT2D eigenvalue weighted by atomic mass is 15.2. The Labute approximate surface area is 120 Å². The van der Waals surface area contributed by atoms with Gasteiger partial charge in [-0.25, -0.2) is 0 Å². The minimum atomic E-state index is 0.136. The molecule has 0 aliphatic heterocycles. The highest BCUT2D eigenvalue weighted by molar-refractivity contribution is 5.34. The molecule has 1 heterocycles. The molecule has 0 saturated carbocycles. The van der Waals surface area contributed by atoms with Crippen LogP contribution >= 0.6 is 0 Å². The molecule has 3 rings (SSSR count). The minimum absolute atomic E-state index is 0.136. The number of benzene rings is 1. The summed E-state index contributed by atoms with van der Waals surface area (Å²) in [4.78, 5) is 4.57. The first-order valence-corrected chi connectivity index (χ1v) is 7.32. The van der Waals surface area contributed by atoms with E-state index < -0.39 is 0 Å². The van der Waals surface area contributed by atoms with Gasteiger partial charge in [0.15, 0.2) is 0 Å². The molecule has 3 nitrogen and oxygen atoms in total. The monoisotopic (exact) mass is 267 g/mol. The second kappa shape index (κ2) is 5.73. The molecule has 2 aromatic rings. The molecule has 3 N–H and O–H groups in total. The average Bonchev–Trinajstić information content (AvgIpc) is 2.93. The van der Waals surface area contributed by atoms with E-state index in [1.54, 1.807) is 0 Å². The van der Waals surface area contributed by atoms with Gasteiger partial charge in [-0.15, -0.1) is 0 Å². The maximum Gasteiger partial charge on any atom is 0.0543 e. The summed E-state index contributed by atoms with van der Waals surface area (Å²) in [6.07, 6.45) is 5.15. The normalized spacial score (nSPS) is 18.8. The number of nitrogens with one attached hydrogen (secondary N) is 1. The van der Waals surface area contributed by atoms with E-state index in [9.17, 15) is 0 Å². The molecule has 0 amide bonds. The van der Waals surface area contributed by atoms with Gasteiger partial charge in [0.2, 0.25) is 0 Å². The highest BCUT2D eigenvalue weighted by Gasteiger charge is 2.31. The van der Waals surface area contributed by atoms with Crippen LogP contribution in [0.4, 0.5) is 0 Å². The zero-order valence-corrected chi connectivity index (χ0v) is 11.8. The van der Waals surface area contributed by atoms with Crippen molar-refractivity contribution < 1.29 is 0 Å². The first kappa shape index (κ1) is 13.3. The molecule has 3 heteroatoms. The van der Waals surface area contributed by atoms with Crippen LogP contribution in [-0.2, 0) is 12.8 Å². The molecule has 1 aliphatic carbocycles. The lowest BCUT2D eigenvalue weighted by Gasteiger charge is -2.23. The molecule has 0 saturated heterocycles. The van der Waals surface area contributed by atoms with E-state index in [-0.39, 0.29) is 6.04 Å². The van der Waals surface area contributed by atoms with Crippen molar-refractivity contribution in [1.82, 2.24) is 10.4 Å². The van der Waals surface area contributed by atoms with Crippen molar-refractivity contribution in [2.24, 2.45) is 5.84 Å². The molecule has 0 fully saturated rings. The van der Waals surface area contributed by atoms with Crippen molar-refractivity contribution in [1.29, 1.82) is 0 Å². The number of hydrazine groups is 1. The third-order valence-corrected chi connectivity index (χ3v) is 4.33. The second-order valence-electron chi connectivity index (χ2n) is 5.43. The zero-order valence-electron chi connectivity index (χ0n) is 11.8. The Kier molecular flexibility index (Phi) is 3.81. The van der Waals surface area contributed by atoms with Crippen LogP contribution in [0.5, 0.6) is 0 Å². The molecule has 2 unspecified atom stereocenters. The predicted octanol–water partition coefficient (Wildman–Crippen LogP) is 2.88. The molecule has 0 bridgehead atoms. The fourth-order valence-electron chi connectivity index (χ4n) is 3.17. The number of rotatable bonds is 4. The smallest absolute Gasteiger partial charge is 0.0543 e. The van der Waals surface area contributed by atoms with E-state index in [2.05, 4.69) is 47.7 Å². The lowest BCUT2D eigenvalue weighted by atomic mass is 9.90. The summed E-state index contributed by atoms with van der Waals surface area (Å²) >= 11 is 0. The maximum atomic E-state index is 5.83. The molecule has 1 aromatic heterocycles. The summed E-state index contributed by atoms with van der Waals surface area (Å²) in [5.74, 6) is 6.20. The summed E-state index contributed by atoms with van der Waals surface area (Å²) in [5.41, 5.74) is 8.17. The number of nitrogens with zero attached hydrogens (tertiary/aromatic N) is 1. The van der Waals surface area contributed by atoms with E-state index in [0.29, 0.717) is 5.92 Å². The number of pyridine rings is 1. The standard InChI is InChI=1S/C17H21N3/c1-2-12-5-7-14(8-6-12)17(20-18)15-10-9-13-4-3-11-19-16(13)15/h3-8,11,15,17,20H,2,9-10,18H2,1H3. The van der Waals surface area contributed by atoms with Gasteiger partial charge in [0.05, 0.1) is 6.04 Å². The molecular formula is C17H21N3. The number of aromatic nitrogens is 1. The number of nitrogens with two attached hydrogens (primary N) is 1. The van der Waals surface area contributed by atoms with Crippen LogP contribution in [0.15, 0.2) is 42.6 Å². The molecule has 104 valence electrons. The molecule has 2 atom stereocenters. The van der Waals surface area contributed by atoms with Gasteiger partial charge in [0, 0.05) is 17.8 Å². The Bertz CT molecular complexity index is 577. The van der Waals surface area contributed by atoms with Crippen LogP contribution in [0.25, 0.3) is 0 Å². The Morgan fingerprint density at radius 1 is 1.30 bits per heavy atom. The predicted molar refractivity (Wildman–Crippen MR) is 81.2 cm³/mol. The third kappa shape index (κ3) is 2.35. The first-order chi connectivity index (χ1) is 9.83. The van der Waals surface area contributed by atoms with E-state index in [0.717, 1.165) is 19.3 Å². The van der Waals surface area contributed by atoms with Gasteiger partial charge in [-0.1, -0.05) is 37.3 Å². The van der Waals surface area contributed by atoms with Gasteiger partial charge in [-0.2, -0.15) is 0 Å². The van der Waals surface area contributed by atoms with Crippen molar-refractivity contribution in [3.63, 3.8) is 0 Å². The molecule has 0 spiro atoms. The minimum Gasteiger partial charge on any atom is -0.271 e. The van der Waals surface area contributed by atoms with Gasteiger partial charge in [0.1, 0.15) is 0 Å². The maximum absolute atomic E-state index is 5.83. The van der Waals surface area contributed by atoms with Gasteiger partial charge >= 0.3 is 0 Å². The molecule has 20 heavy (non-hydrogen) atoms. The SMILES string of the molecule is CCc1ccc(C(NN)C2CCc3cccnc32)cc1. The fraction of sp³-hybridized carbons (Fsp3) is 0.353. The highest BCUT2D eigenvalue weighted by Crippen LogP contribution is 2.39. The van der Waals surface area contributed by atoms with Gasteiger partial charge in [-0.05, 0) is 42.0 Å². The zero-order chi connectivity index (χ0) is 13.9. The second-order valence-corrected chi connectivity index (χ2v) is 5.43. The van der Waals surface area contributed by atoms with E-state index in [1.807, 2.05) is 12.3 Å². The van der Waals surface area contributed by atoms with Gasteiger partial charge < -0.3 is 0 Å². The summed E-state index contributed by atoms with van der Waals surface area (Å²) in [6.45, 7) is 2.17. The van der Waals surface area contributed by atoms with E-state index >= 15 is 0 Å². The Morgan fingerprint density at radius 2 is 2.10 bits per heavy atom. The van der Waals surface area contributed by atoms with Crippen molar-refractivity contribution in [3.05, 3.63) is 65.0 Å². The van der Waals surface area contributed by atoms with Crippen molar-refractivity contribution in [3.8, 4) is 0 Å². The van der Waals surface area contributed by atoms with Gasteiger partial charge in [0.25, 0.3) is 0 Å². The molecule has 1 aromatic carbocycles. The van der Waals surface area contributed by atoms with Crippen LogP contribution < -0.4 is 11.3 Å². The average molecular weight is 267 g/mol. The summed E-state index contributed by atoms with van der Waals surface area (Å²) in [7, 11) is 0. The lowest BCUT2D eigenvalue weighted by molar-refractivity contribution is 0.447. The number of hydrogen-bond donors (Lipinski definition) is 2. The number of fused-ring (bicyclic) bond motifs is 1. The van der Waals surface area contributed by atoms with Crippen LogP contribution in [0.3, 0.4) is 0 Å². The van der Waals surface area contributed by atoms with E-state index in [4.69, 9.17) is 5.84 Å². The van der Waals surface area contributed by atoms with Crippen LogP contribution in [-0.4, -0.2) is 4.98 Å². The fourth-order valence-corrected chi connectivity index (χ4v) is 3.17. The molecular weight excluding hydrogens is 246 g/mol. The molecule has 0 radical (unpaired) electrons. The quantitative estimate of drug-likeness (QED) is 0.661. The van der Waals surface area contributed by atoms with Crippen molar-refractivity contribution in [2.45, 2.75) is 38.1 Å². The number of aryl methyl sites for hydroxylation is 2. The Hall–Kier alpha value is -1.71. The number of hydrogen-bond acceptors (Lipinski definition) is 3. The van der Waals surface area contributed by atoms with Gasteiger partial charge in [-0.3, -0.25) is 16.3 Å². The topological polar surface area (TPSA) is 50.9 Å². The summed E-state index contributed by atoms with van der Waals surface area (Å²) in [6, 6.07) is 13.1. The largest absolute Gasteiger partial charge is 0.271 e. The Balaban J connectivity index is 1.90. The summed E-state index contributed by atoms with van der Waals surface area (Å²) in [5, 5.41) is 0. The van der Waals surface area contributed by atoms with Crippen LogP contribution in [0.1, 0.15) is 47.7 Å². The third-order valence-electron chi connectivity index (χ3n) is 4.33. The molecule has 1 aliphatic rings. The van der Waals surface area contributed by atoms with Crippen molar-refractivity contribution >= 4 is 0 Å². The summed E-state index contributed by atoms with van der Waals surface area (Å²) < 4.78 is 0.